The van der Waals surface area contributed by atoms with Crippen LogP contribution in [0.25, 0.3) is 11.4 Å². The maximum Gasteiger partial charge on any atom is 0.258 e. The number of benzene rings is 2. The molecule has 3 aromatic rings. The third kappa shape index (κ3) is 5.53. The van der Waals surface area contributed by atoms with E-state index >= 15 is 0 Å². The predicted octanol–water partition coefficient (Wildman–Crippen LogP) is 3.75. The molecule has 0 saturated carbocycles. The fourth-order valence-electron chi connectivity index (χ4n) is 3.00. The number of nitrogens with zero attached hydrogens (tertiary/aromatic N) is 2. The third-order valence-corrected chi connectivity index (χ3v) is 4.61. The second-order valence-electron chi connectivity index (χ2n) is 7.89. The lowest BCUT2D eigenvalue weighted by molar-refractivity contribution is -0.123. The summed E-state index contributed by atoms with van der Waals surface area (Å²) in [6.45, 7) is 6.27. The van der Waals surface area contributed by atoms with Crippen molar-refractivity contribution in [2.45, 2.75) is 32.7 Å². The molecule has 0 bridgehead atoms. The molecule has 0 aliphatic rings. The molecule has 31 heavy (non-hydrogen) atoms. The molecule has 0 radical (unpaired) electrons. The van der Waals surface area contributed by atoms with Crippen LogP contribution in [0.15, 0.2) is 47.0 Å². The van der Waals surface area contributed by atoms with Crippen molar-refractivity contribution in [3.63, 3.8) is 0 Å². The van der Waals surface area contributed by atoms with E-state index in [0.717, 1.165) is 5.56 Å². The summed E-state index contributed by atoms with van der Waals surface area (Å²) in [5, 5.41) is 6.70. The van der Waals surface area contributed by atoms with Crippen molar-refractivity contribution in [2.24, 2.45) is 0 Å². The average molecular weight is 425 g/mol. The second kappa shape index (κ2) is 9.51. The van der Waals surface area contributed by atoms with Gasteiger partial charge >= 0.3 is 0 Å². The van der Waals surface area contributed by atoms with Gasteiger partial charge < -0.3 is 24.1 Å². The summed E-state index contributed by atoms with van der Waals surface area (Å²) in [6.07, 6.45) is 0. The van der Waals surface area contributed by atoms with E-state index in [-0.39, 0.29) is 30.4 Å². The van der Waals surface area contributed by atoms with Crippen LogP contribution in [0.5, 0.6) is 17.2 Å². The molecule has 1 heterocycles. The summed E-state index contributed by atoms with van der Waals surface area (Å²) in [5.74, 6) is 2.25. The highest BCUT2D eigenvalue weighted by Gasteiger charge is 2.19. The topological polar surface area (TPSA) is 95.7 Å². The maximum atomic E-state index is 12.2. The van der Waals surface area contributed by atoms with Gasteiger partial charge in [-0.05, 0) is 29.2 Å². The predicted molar refractivity (Wildman–Crippen MR) is 115 cm³/mol. The number of carbonyl (C=O) groups is 1. The van der Waals surface area contributed by atoms with Gasteiger partial charge in [0.05, 0.1) is 26.3 Å². The number of carbonyl (C=O) groups excluding carboxylic acids is 1. The molecule has 8 nitrogen and oxygen atoms in total. The number of nitrogens with one attached hydrogen (secondary N) is 1. The van der Waals surface area contributed by atoms with E-state index in [9.17, 15) is 4.79 Å². The van der Waals surface area contributed by atoms with Gasteiger partial charge in [0.2, 0.25) is 11.7 Å². The standard InChI is InChI=1S/C23H27N3O5/c1-23(2,3)17-8-6-7-9-18(17)30-14-20(27)24-13-21-25-22(26-31-21)16-11-10-15(28-4)12-19(16)29-5/h6-12H,13-14H2,1-5H3,(H,24,27). The lowest BCUT2D eigenvalue weighted by atomic mass is 9.86. The Morgan fingerprint density at radius 3 is 2.55 bits per heavy atom. The Bertz CT molecular complexity index is 1040. The molecule has 8 heteroatoms. The summed E-state index contributed by atoms with van der Waals surface area (Å²) in [6, 6.07) is 13.0. The van der Waals surface area contributed by atoms with Crippen molar-refractivity contribution in [3.8, 4) is 28.6 Å². The van der Waals surface area contributed by atoms with E-state index in [2.05, 4.69) is 36.2 Å². The first-order valence-corrected chi connectivity index (χ1v) is 9.86. The van der Waals surface area contributed by atoms with Gasteiger partial charge in [0.15, 0.2) is 6.61 Å². The average Bonchev–Trinajstić information content (AvgIpc) is 3.24. The summed E-state index contributed by atoms with van der Waals surface area (Å²) in [5.41, 5.74) is 1.61. The Balaban J connectivity index is 1.59. The highest BCUT2D eigenvalue weighted by molar-refractivity contribution is 5.77. The molecular formula is C23H27N3O5. The molecule has 3 rings (SSSR count). The highest BCUT2D eigenvalue weighted by Crippen LogP contribution is 2.32. The first-order valence-electron chi connectivity index (χ1n) is 9.86. The van der Waals surface area contributed by atoms with Crippen molar-refractivity contribution >= 4 is 5.91 Å². The van der Waals surface area contributed by atoms with E-state index in [1.165, 1.54) is 0 Å². The molecule has 0 aliphatic heterocycles. The van der Waals surface area contributed by atoms with E-state index in [1.54, 1.807) is 32.4 Å². The minimum absolute atomic E-state index is 0.0876. The van der Waals surface area contributed by atoms with Crippen LogP contribution in [0.1, 0.15) is 32.2 Å². The SMILES string of the molecule is COc1ccc(-c2noc(CNC(=O)COc3ccccc3C(C)(C)C)n2)c(OC)c1. The Morgan fingerprint density at radius 1 is 1.06 bits per heavy atom. The van der Waals surface area contributed by atoms with Gasteiger partial charge in [0.25, 0.3) is 5.91 Å². The Hall–Kier alpha value is -3.55. The second-order valence-corrected chi connectivity index (χ2v) is 7.89. The van der Waals surface area contributed by atoms with Gasteiger partial charge in [-0.25, -0.2) is 0 Å². The first kappa shape index (κ1) is 22.1. The molecule has 0 saturated heterocycles. The van der Waals surface area contributed by atoms with Crippen LogP contribution in [-0.4, -0.2) is 36.9 Å². The summed E-state index contributed by atoms with van der Waals surface area (Å²) < 4.78 is 21.5. The van der Waals surface area contributed by atoms with E-state index in [0.29, 0.717) is 28.6 Å². The lowest BCUT2D eigenvalue weighted by Gasteiger charge is -2.22. The molecule has 0 unspecified atom stereocenters. The highest BCUT2D eigenvalue weighted by atomic mass is 16.5. The molecule has 0 atom stereocenters. The quantitative estimate of drug-likeness (QED) is 0.587. The lowest BCUT2D eigenvalue weighted by Crippen LogP contribution is -2.29. The van der Waals surface area contributed by atoms with Crippen molar-refractivity contribution in [1.82, 2.24) is 15.5 Å². The normalized spacial score (nSPS) is 11.1. The van der Waals surface area contributed by atoms with Gasteiger partial charge in [-0.3, -0.25) is 4.79 Å². The van der Waals surface area contributed by atoms with Crippen molar-refractivity contribution in [1.29, 1.82) is 0 Å². The molecule has 0 fully saturated rings. The van der Waals surface area contributed by atoms with E-state index in [1.807, 2.05) is 24.3 Å². The first-order chi connectivity index (χ1) is 14.8. The van der Waals surface area contributed by atoms with Gasteiger partial charge in [0, 0.05) is 6.07 Å². The largest absolute Gasteiger partial charge is 0.497 e. The zero-order chi connectivity index (χ0) is 22.4. The zero-order valence-corrected chi connectivity index (χ0v) is 18.4. The molecule has 0 aliphatic carbocycles. The molecule has 1 aromatic heterocycles. The molecule has 164 valence electrons. The number of hydrogen-bond donors (Lipinski definition) is 1. The number of amides is 1. The van der Waals surface area contributed by atoms with Crippen LogP contribution in [0.4, 0.5) is 0 Å². The van der Waals surface area contributed by atoms with Gasteiger partial charge in [-0.15, -0.1) is 0 Å². The van der Waals surface area contributed by atoms with E-state index in [4.69, 9.17) is 18.7 Å². The van der Waals surface area contributed by atoms with Gasteiger partial charge in [-0.2, -0.15) is 4.98 Å². The molecule has 1 N–H and O–H groups in total. The Kier molecular flexibility index (Phi) is 6.79. The summed E-state index contributed by atoms with van der Waals surface area (Å²) >= 11 is 0. The van der Waals surface area contributed by atoms with Crippen molar-refractivity contribution in [2.75, 3.05) is 20.8 Å². The number of aromatic nitrogens is 2. The van der Waals surface area contributed by atoms with Crippen molar-refractivity contribution in [3.05, 3.63) is 53.9 Å². The number of para-hydroxylation sites is 1. The molecule has 0 spiro atoms. The minimum Gasteiger partial charge on any atom is -0.497 e. The van der Waals surface area contributed by atoms with Gasteiger partial charge in [0.1, 0.15) is 17.2 Å². The Labute approximate surface area is 181 Å². The monoisotopic (exact) mass is 425 g/mol. The van der Waals surface area contributed by atoms with Crippen LogP contribution in [0.2, 0.25) is 0 Å². The molecule has 1 amide bonds. The van der Waals surface area contributed by atoms with Gasteiger partial charge in [-0.1, -0.05) is 44.1 Å². The number of methoxy groups -OCH3 is 2. The number of hydrogen-bond acceptors (Lipinski definition) is 7. The van der Waals surface area contributed by atoms with E-state index < -0.39 is 0 Å². The van der Waals surface area contributed by atoms with Crippen LogP contribution >= 0.6 is 0 Å². The van der Waals surface area contributed by atoms with Crippen molar-refractivity contribution < 1.29 is 23.5 Å². The maximum absolute atomic E-state index is 12.2. The third-order valence-electron chi connectivity index (χ3n) is 4.61. The fraction of sp³-hybridized carbons (Fsp3) is 0.348. The molecule has 2 aromatic carbocycles. The van der Waals surface area contributed by atoms with Crippen LogP contribution in [0, 0.1) is 0 Å². The smallest absolute Gasteiger partial charge is 0.258 e. The number of ether oxygens (including phenoxy) is 3. The zero-order valence-electron chi connectivity index (χ0n) is 18.4. The minimum atomic E-state index is -0.287. The van der Waals surface area contributed by atoms with Crippen LogP contribution in [0.3, 0.4) is 0 Å². The summed E-state index contributed by atoms with van der Waals surface area (Å²) in [4.78, 5) is 16.6. The van der Waals surface area contributed by atoms with Crippen LogP contribution in [-0.2, 0) is 16.8 Å². The Morgan fingerprint density at radius 2 is 1.84 bits per heavy atom. The molecular weight excluding hydrogens is 398 g/mol. The fourth-order valence-corrected chi connectivity index (χ4v) is 3.00. The van der Waals surface area contributed by atoms with Crippen LogP contribution < -0.4 is 19.5 Å². The number of rotatable bonds is 8. The summed E-state index contributed by atoms with van der Waals surface area (Å²) in [7, 11) is 3.13.